The van der Waals surface area contributed by atoms with Crippen molar-refractivity contribution in [3.05, 3.63) is 62.9 Å². The summed E-state index contributed by atoms with van der Waals surface area (Å²) in [6.45, 7) is -3.99. The lowest BCUT2D eigenvalue weighted by atomic mass is 10.1. The van der Waals surface area contributed by atoms with Crippen LogP contribution in [0.5, 0.6) is 5.75 Å². The third kappa shape index (κ3) is 6.76. The van der Waals surface area contributed by atoms with Crippen molar-refractivity contribution in [1.82, 2.24) is 29.7 Å². The first-order valence-corrected chi connectivity index (χ1v) is 12.1. The van der Waals surface area contributed by atoms with Gasteiger partial charge in [-0.25, -0.2) is 24.4 Å². The third-order valence-electron chi connectivity index (χ3n) is 6.03. The van der Waals surface area contributed by atoms with E-state index in [1.165, 1.54) is 25.7 Å². The second-order valence-corrected chi connectivity index (χ2v) is 8.80. The number of aryl methyl sites for hydroxylation is 1. The number of alkyl halides is 5. The van der Waals surface area contributed by atoms with Gasteiger partial charge in [-0.3, -0.25) is 14.2 Å². The summed E-state index contributed by atoms with van der Waals surface area (Å²) in [5.41, 5.74) is 1.36. The summed E-state index contributed by atoms with van der Waals surface area (Å²) >= 11 is 0. The first kappa shape index (κ1) is 30.2. The Morgan fingerprint density at radius 2 is 1.93 bits per heavy atom. The van der Waals surface area contributed by atoms with E-state index in [9.17, 15) is 35.9 Å². The molecule has 0 radical (unpaired) electrons. The molecular weight excluding hydrogens is 578 g/mol. The topological polar surface area (TPSA) is 163 Å². The molecule has 0 bridgehead atoms. The van der Waals surface area contributed by atoms with E-state index in [1.54, 1.807) is 5.10 Å². The van der Waals surface area contributed by atoms with Gasteiger partial charge < -0.3 is 20.5 Å². The number of H-pyrrole nitrogens is 1. The van der Waals surface area contributed by atoms with Crippen molar-refractivity contribution >= 4 is 22.4 Å². The molecule has 0 saturated carbocycles. The van der Waals surface area contributed by atoms with Gasteiger partial charge in [0.1, 0.15) is 11.4 Å². The van der Waals surface area contributed by atoms with Crippen LogP contribution in [0.25, 0.3) is 22.3 Å². The molecule has 4 rings (SSSR count). The van der Waals surface area contributed by atoms with Crippen LogP contribution in [0.4, 0.5) is 37.8 Å². The fraction of sp³-hybridized carbons (Fsp3) is 0.333. The van der Waals surface area contributed by atoms with Gasteiger partial charge in [0.05, 0.1) is 54.6 Å². The molecule has 0 spiro atoms. The van der Waals surface area contributed by atoms with E-state index in [0.29, 0.717) is 6.20 Å². The van der Waals surface area contributed by atoms with Gasteiger partial charge in [0.2, 0.25) is 0 Å². The van der Waals surface area contributed by atoms with Crippen LogP contribution in [-0.2, 0) is 17.5 Å². The Morgan fingerprint density at radius 1 is 1.17 bits per heavy atom. The SMILES string of the molecule is COc1cnc(-c2cc3ncn(CCCC(COC(F)F)Nc4cn[nH]c(=O)c4C(F)(F)F)c(=O)c3cc2F)nc1N. The largest absolute Gasteiger partial charge is 0.491 e. The molecule has 0 fully saturated rings. The van der Waals surface area contributed by atoms with Crippen LogP contribution in [-0.4, -0.2) is 56.1 Å². The smallest absolute Gasteiger partial charge is 0.423 e. The highest BCUT2D eigenvalue weighted by atomic mass is 19.4. The average Bonchev–Trinajstić information content (AvgIpc) is 2.92. The number of ether oxygens (including phenoxy) is 2. The molecule has 12 nitrogen and oxygen atoms in total. The number of methoxy groups -OCH3 is 1. The highest BCUT2D eigenvalue weighted by Crippen LogP contribution is 2.32. The number of hydrogen-bond acceptors (Lipinski definition) is 10. The third-order valence-corrected chi connectivity index (χ3v) is 6.03. The predicted molar refractivity (Wildman–Crippen MR) is 136 cm³/mol. The molecular formula is C24H22F6N8O4. The van der Waals surface area contributed by atoms with Crippen LogP contribution in [0.2, 0.25) is 0 Å². The van der Waals surface area contributed by atoms with E-state index >= 15 is 0 Å². The van der Waals surface area contributed by atoms with Crippen molar-refractivity contribution in [3.63, 3.8) is 0 Å². The molecule has 224 valence electrons. The van der Waals surface area contributed by atoms with Gasteiger partial charge in [0, 0.05) is 12.6 Å². The van der Waals surface area contributed by atoms with Crippen molar-refractivity contribution in [2.45, 2.75) is 38.2 Å². The maximum Gasteiger partial charge on any atom is 0.423 e. The Morgan fingerprint density at radius 3 is 2.60 bits per heavy atom. The number of aromatic nitrogens is 6. The first-order chi connectivity index (χ1) is 19.9. The highest BCUT2D eigenvalue weighted by Gasteiger charge is 2.37. The van der Waals surface area contributed by atoms with E-state index in [1.807, 2.05) is 0 Å². The number of halogens is 6. The summed E-state index contributed by atoms with van der Waals surface area (Å²) < 4.78 is 90.9. The summed E-state index contributed by atoms with van der Waals surface area (Å²) in [5, 5.41) is 7.30. The minimum absolute atomic E-state index is 0.0259. The van der Waals surface area contributed by atoms with Gasteiger partial charge in [-0.2, -0.15) is 27.1 Å². The van der Waals surface area contributed by atoms with Crippen molar-refractivity contribution in [3.8, 4) is 17.1 Å². The van der Waals surface area contributed by atoms with Crippen LogP contribution in [0.15, 0.2) is 40.4 Å². The van der Waals surface area contributed by atoms with E-state index in [4.69, 9.17) is 10.5 Å². The number of rotatable bonds is 11. The standard InChI is InChI=1S/C24H22F6N8O4/c1-41-17-8-32-20(36-19(17)31)12-6-15-13(5-14(12)25)22(40)38(10-33-15)4-2-3-11(9-42-23(26)27)35-16-7-34-37-21(39)18(16)24(28,29)30/h5-8,10-11,23H,2-4,9H2,1H3,(H2,31,32,36)(H2,35,37,39). The normalized spacial score (nSPS) is 12.6. The van der Waals surface area contributed by atoms with Crippen LogP contribution < -0.4 is 26.9 Å². The quantitative estimate of drug-likeness (QED) is 0.218. The van der Waals surface area contributed by atoms with Crippen LogP contribution in [0.1, 0.15) is 18.4 Å². The molecule has 1 unspecified atom stereocenters. The number of benzene rings is 1. The van der Waals surface area contributed by atoms with Crippen molar-refractivity contribution in [2.75, 3.05) is 24.8 Å². The van der Waals surface area contributed by atoms with E-state index < -0.39 is 53.6 Å². The first-order valence-electron chi connectivity index (χ1n) is 12.1. The maximum atomic E-state index is 15.0. The lowest BCUT2D eigenvalue weighted by Gasteiger charge is -2.22. The molecule has 0 amide bonds. The molecule has 42 heavy (non-hydrogen) atoms. The highest BCUT2D eigenvalue weighted by molar-refractivity contribution is 5.82. The molecule has 3 aromatic heterocycles. The molecule has 4 aromatic rings. The Hall–Kier alpha value is -4.74. The summed E-state index contributed by atoms with van der Waals surface area (Å²) in [6, 6.07) is 1.09. The van der Waals surface area contributed by atoms with Gasteiger partial charge >= 0.3 is 12.8 Å². The predicted octanol–water partition coefficient (Wildman–Crippen LogP) is 3.19. The lowest BCUT2D eigenvalue weighted by molar-refractivity contribution is -0.138. The average molecular weight is 600 g/mol. The lowest BCUT2D eigenvalue weighted by Crippen LogP contribution is -2.32. The number of anilines is 2. The number of nitrogens with two attached hydrogens (primary N) is 1. The van der Waals surface area contributed by atoms with Gasteiger partial charge in [0.25, 0.3) is 11.1 Å². The molecule has 1 aromatic carbocycles. The van der Waals surface area contributed by atoms with Crippen molar-refractivity contribution < 1.29 is 35.8 Å². The number of nitrogen functional groups attached to an aromatic ring is 1. The van der Waals surface area contributed by atoms with Crippen LogP contribution in [0.3, 0.4) is 0 Å². The molecule has 1 atom stereocenters. The van der Waals surface area contributed by atoms with Crippen LogP contribution in [0, 0.1) is 5.82 Å². The minimum Gasteiger partial charge on any atom is -0.491 e. The monoisotopic (exact) mass is 600 g/mol. The maximum absolute atomic E-state index is 15.0. The van der Waals surface area contributed by atoms with E-state index in [-0.39, 0.29) is 53.2 Å². The molecule has 0 saturated heterocycles. The van der Waals surface area contributed by atoms with Gasteiger partial charge in [-0.1, -0.05) is 0 Å². The zero-order valence-electron chi connectivity index (χ0n) is 21.6. The summed E-state index contributed by atoms with van der Waals surface area (Å²) in [5.74, 6) is -0.729. The molecule has 0 aliphatic rings. The second-order valence-electron chi connectivity index (χ2n) is 8.80. The summed E-state index contributed by atoms with van der Waals surface area (Å²) in [4.78, 5) is 36.9. The molecule has 3 heterocycles. The van der Waals surface area contributed by atoms with Gasteiger partial charge in [-0.05, 0) is 25.0 Å². The van der Waals surface area contributed by atoms with E-state index in [2.05, 4.69) is 30.1 Å². The number of aromatic amines is 1. The number of nitrogens with zero attached hydrogens (tertiary/aromatic N) is 5. The second kappa shape index (κ2) is 12.4. The summed E-state index contributed by atoms with van der Waals surface area (Å²) in [6.07, 6.45) is -1.93. The van der Waals surface area contributed by atoms with Gasteiger partial charge in [0.15, 0.2) is 17.4 Å². The van der Waals surface area contributed by atoms with E-state index in [0.717, 1.165) is 10.6 Å². The fourth-order valence-corrected chi connectivity index (χ4v) is 4.08. The summed E-state index contributed by atoms with van der Waals surface area (Å²) in [7, 11) is 1.36. The number of fused-ring (bicyclic) bond motifs is 1. The van der Waals surface area contributed by atoms with Gasteiger partial charge in [-0.15, -0.1) is 0 Å². The van der Waals surface area contributed by atoms with Crippen molar-refractivity contribution in [2.24, 2.45) is 0 Å². The Kier molecular flexibility index (Phi) is 8.93. The molecule has 0 aliphatic carbocycles. The molecule has 0 aliphatic heterocycles. The Bertz CT molecular complexity index is 1690. The van der Waals surface area contributed by atoms with Crippen molar-refractivity contribution in [1.29, 1.82) is 0 Å². The fourth-order valence-electron chi connectivity index (χ4n) is 4.08. The number of nitrogens with one attached hydrogen (secondary N) is 2. The molecule has 18 heteroatoms. The Balaban J connectivity index is 1.53. The molecule has 4 N–H and O–H groups in total. The minimum atomic E-state index is -5.06. The zero-order valence-corrected chi connectivity index (χ0v) is 21.6. The zero-order chi connectivity index (χ0) is 30.6. The number of hydrogen-bond donors (Lipinski definition) is 3. The Labute approximate surface area is 231 Å². The van der Waals surface area contributed by atoms with Crippen LogP contribution >= 0.6 is 0 Å².